The minimum absolute atomic E-state index is 0.0933. The monoisotopic (exact) mass is 270 g/mol. The Hall–Kier alpha value is -1.69. The predicted octanol–water partition coefficient (Wildman–Crippen LogP) is 1.28. The van der Waals surface area contributed by atoms with Crippen molar-refractivity contribution in [3.8, 4) is 0 Å². The molecule has 0 saturated carbocycles. The third-order valence-corrected chi connectivity index (χ3v) is 4.82. The van der Waals surface area contributed by atoms with Gasteiger partial charge in [-0.1, -0.05) is 12.1 Å². The Kier molecular flexibility index (Phi) is 4.24. The summed E-state index contributed by atoms with van der Waals surface area (Å²) in [6, 6.07) is 5.55. The topological polar surface area (TPSA) is 88.5 Å². The first-order valence-electron chi connectivity index (χ1n) is 5.28. The first kappa shape index (κ1) is 14.4. The van der Waals surface area contributed by atoms with Crippen LogP contribution in [0.3, 0.4) is 0 Å². The molecule has 0 fully saturated rings. The van der Waals surface area contributed by atoms with Gasteiger partial charge in [0.05, 0.1) is 11.3 Å². The fourth-order valence-electron chi connectivity index (χ4n) is 1.35. The van der Waals surface area contributed by atoms with Gasteiger partial charge in [0.1, 0.15) is 11.0 Å². The van der Waals surface area contributed by atoms with Crippen LogP contribution in [0.15, 0.2) is 24.3 Å². The zero-order chi connectivity index (χ0) is 13.9. The van der Waals surface area contributed by atoms with Gasteiger partial charge in [0.25, 0.3) is 0 Å². The summed E-state index contributed by atoms with van der Waals surface area (Å²) in [7, 11) is -3.54. The molecule has 6 heteroatoms. The second kappa shape index (κ2) is 5.30. The van der Waals surface area contributed by atoms with Gasteiger partial charge in [-0.05, 0) is 31.5 Å². The maximum atomic E-state index is 11.8. The maximum absolute atomic E-state index is 11.8. The summed E-state index contributed by atoms with van der Waals surface area (Å²) >= 11 is 0. The van der Waals surface area contributed by atoms with E-state index in [0.717, 1.165) is 0 Å². The van der Waals surface area contributed by atoms with E-state index < -0.39 is 26.8 Å². The van der Waals surface area contributed by atoms with E-state index >= 15 is 0 Å². The molecule has 0 radical (unpaired) electrons. The molecule has 0 bridgehead atoms. The molecule has 18 heavy (non-hydrogen) atoms. The van der Waals surface area contributed by atoms with Crippen LogP contribution in [-0.4, -0.2) is 30.5 Å². The number of hydrogen-bond donors (Lipinski definition) is 1. The van der Waals surface area contributed by atoms with Crippen LogP contribution in [0.1, 0.15) is 29.8 Å². The van der Waals surface area contributed by atoms with E-state index in [9.17, 15) is 18.0 Å². The Morgan fingerprint density at radius 3 is 2.11 bits per heavy atom. The molecular weight excluding hydrogens is 256 g/mol. The number of carbonyl (C=O) groups is 2. The quantitative estimate of drug-likeness (QED) is 0.870. The number of carbonyl (C=O) groups excluding carboxylic acids is 1. The van der Waals surface area contributed by atoms with Crippen LogP contribution < -0.4 is 0 Å². The highest BCUT2D eigenvalue weighted by Crippen LogP contribution is 2.13. The Morgan fingerprint density at radius 1 is 1.22 bits per heavy atom. The van der Waals surface area contributed by atoms with Crippen molar-refractivity contribution in [3.63, 3.8) is 0 Å². The second-order valence-corrected chi connectivity index (χ2v) is 6.38. The Bertz CT molecular complexity index is 557. The van der Waals surface area contributed by atoms with Crippen molar-refractivity contribution in [1.29, 1.82) is 0 Å². The van der Waals surface area contributed by atoms with Crippen LogP contribution in [0.2, 0.25) is 0 Å². The molecule has 0 spiro atoms. The largest absolute Gasteiger partial charge is 0.478 e. The van der Waals surface area contributed by atoms with Gasteiger partial charge in [0, 0.05) is 0 Å². The van der Waals surface area contributed by atoms with Crippen molar-refractivity contribution in [2.75, 3.05) is 0 Å². The summed E-state index contributed by atoms with van der Waals surface area (Å²) in [6.07, 6.45) is 0. The van der Waals surface area contributed by atoms with Crippen molar-refractivity contribution in [1.82, 2.24) is 0 Å². The maximum Gasteiger partial charge on any atom is 0.335 e. The molecule has 0 aliphatic carbocycles. The summed E-state index contributed by atoms with van der Waals surface area (Å²) in [6.45, 7) is 2.58. The number of benzene rings is 1. The molecular formula is C12H14O5S. The molecule has 1 rings (SSSR count). The van der Waals surface area contributed by atoms with E-state index in [1.165, 1.54) is 38.1 Å². The standard InChI is InChI=1S/C12H14O5S/c1-8(13)9(2)18(16,17)7-10-3-5-11(6-4-10)12(14)15/h3-6,9H,7H2,1-2H3,(H,14,15). The molecule has 98 valence electrons. The zero-order valence-corrected chi connectivity index (χ0v) is 10.9. The number of sulfone groups is 1. The fraction of sp³-hybridized carbons (Fsp3) is 0.333. The van der Waals surface area contributed by atoms with E-state index in [-0.39, 0.29) is 11.3 Å². The van der Waals surface area contributed by atoms with E-state index in [4.69, 9.17) is 5.11 Å². The van der Waals surface area contributed by atoms with Crippen LogP contribution in [0.25, 0.3) is 0 Å². The zero-order valence-electron chi connectivity index (χ0n) is 10.1. The number of hydrogen-bond acceptors (Lipinski definition) is 4. The third kappa shape index (κ3) is 3.40. The Morgan fingerprint density at radius 2 is 1.72 bits per heavy atom. The highest BCUT2D eigenvalue weighted by atomic mass is 32.2. The van der Waals surface area contributed by atoms with E-state index in [0.29, 0.717) is 5.56 Å². The Labute approximate surface area is 105 Å². The summed E-state index contributed by atoms with van der Waals surface area (Å²) in [4.78, 5) is 21.7. The summed E-state index contributed by atoms with van der Waals surface area (Å²) in [5.74, 6) is -1.74. The van der Waals surface area contributed by atoms with Gasteiger partial charge in [0.15, 0.2) is 9.84 Å². The number of Topliss-reactive ketones (excluding diaryl/α,β-unsaturated/α-hetero) is 1. The average Bonchev–Trinajstić information content (AvgIpc) is 2.28. The first-order valence-corrected chi connectivity index (χ1v) is 7.00. The molecule has 1 unspecified atom stereocenters. The molecule has 0 amide bonds. The van der Waals surface area contributed by atoms with Crippen molar-refractivity contribution in [3.05, 3.63) is 35.4 Å². The minimum Gasteiger partial charge on any atom is -0.478 e. The Balaban J connectivity index is 2.92. The van der Waals surface area contributed by atoms with Gasteiger partial charge in [-0.25, -0.2) is 13.2 Å². The molecule has 0 aromatic heterocycles. The van der Waals surface area contributed by atoms with Crippen molar-refractivity contribution in [2.45, 2.75) is 24.9 Å². The molecule has 1 aromatic carbocycles. The van der Waals surface area contributed by atoms with Crippen molar-refractivity contribution < 1.29 is 23.1 Å². The summed E-state index contributed by atoms with van der Waals surface area (Å²) in [5, 5.41) is 7.66. The third-order valence-electron chi connectivity index (χ3n) is 2.68. The van der Waals surface area contributed by atoms with E-state index in [1.54, 1.807) is 0 Å². The molecule has 5 nitrogen and oxygen atoms in total. The summed E-state index contributed by atoms with van der Waals surface area (Å²) in [5.41, 5.74) is 0.559. The molecule has 1 atom stereocenters. The number of ketones is 1. The van der Waals surface area contributed by atoms with Gasteiger partial charge in [-0.15, -0.1) is 0 Å². The van der Waals surface area contributed by atoms with Crippen LogP contribution in [0.4, 0.5) is 0 Å². The lowest BCUT2D eigenvalue weighted by molar-refractivity contribution is -0.116. The van der Waals surface area contributed by atoms with Crippen LogP contribution in [-0.2, 0) is 20.4 Å². The second-order valence-electron chi connectivity index (χ2n) is 4.06. The first-order chi connectivity index (χ1) is 8.24. The van der Waals surface area contributed by atoms with Crippen molar-refractivity contribution >= 4 is 21.6 Å². The molecule has 1 N–H and O–H groups in total. The lowest BCUT2D eigenvalue weighted by atomic mass is 10.1. The van der Waals surface area contributed by atoms with Gasteiger partial charge in [0.2, 0.25) is 0 Å². The number of carboxylic acid groups (broad SMARTS) is 1. The van der Waals surface area contributed by atoms with Gasteiger partial charge in [-0.3, -0.25) is 4.79 Å². The lowest BCUT2D eigenvalue weighted by Crippen LogP contribution is -2.26. The smallest absolute Gasteiger partial charge is 0.335 e. The number of rotatable bonds is 5. The van der Waals surface area contributed by atoms with Crippen LogP contribution >= 0.6 is 0 Å². The van der Waals surface area contributed by atoms with Gasteiger partial charge >= 0.3 is 5.97 Å². The average molecular weight is 270 g/mol. The number of aromatic carboxylic acids is 1. The molecule has 0 aliphatic heterocycles. The molecule has 0 aliphatic rings. The van der Waals surface area contributed by atoms with E-state index in [1.807, 2.05) is 0 Å². The van der Waals surface area contributed by atoms with E-state index in [2.05, 4.69) is 0 Å². The molecule has 0 heterocycles. The van der Waals surface area contributed by atoms with Crippen molar-refractivity contribution in [2.24, 2.45) is 0 Å². The predicted molar refractivity (Wildman–Crippen MR) is 66.2 cm³/mol. The SMILES string of the molecule is CC(=O)C(C)S(=O)(=O)Cc1ccc(C(=O)O)cc1. The molecule has 0 saturated heterocycles. The highest BCUT2D eigenvalue weighted by Gasteiger charge is 2.25. The van der Waals surface area contributed by atoms with Crippen LogP contribution in [0.5, 0.6) is 0 Å². The van der Waals surface area contributed by atoms with Gasteiger partial charge in [-0.2, -0.15) is 0 Å². The number of carboxylic acids is 1. The lowest BCUT2D eigenvalue weighted by Gasteiger charge is -2.09. The van der Waals surface area contributed by atoms with Gasteiger partial charge < -0.3 is 5.11 Å². The highest BCUT2D eigenvalue weighted by molar-refractivity contribution is 7.92. The normalized spacial score (nSPS) is 13.0. The fourth-order valence-corrected chi connectivity index (χ4v) is 2.77. The minimum atomic E-state index is -3.54. The van der Waals surface area contributed by atoms with Crippen LogP contribution in [0, 0.1) is 0 Å². The summed E-state index contributed by atoms with van der Waals surface area (Å²) < 4.78 is 23.6. The molecule has 1 aromatic rings.